The Morgan fingerprint density at radius 1 is 0.952 bits per heavy atom. The Morgan fingerprint density at radius 2 is 1.67 bits per heavy atom. The van der Waals surface area contributed by atoms with Gasteiger partial charge in [-0.1, -0.05) is 39.0 Å². The lowest BCUT2D eigenvalue weighted by molar-refractivity contribution is 0.441. The molecule has 2 saturated carbocycles. The number of rotatable bonds is 5. The van der Waals surface area contributed by atoms with Crippen molar-refractivity contribution in [3.63, 3.8) is 0 Å². The van der Waals surface area contributed by atoms with Crippen molar-refractivity contribution in [1.82, 2.24) is 9.97 Å². The Morgan fingerprint density at radius 3 is 2.33 bits per heavy atom. The SMILES string of the molecule is CCCNc1cc(C2CC2)nc(C2CCCCCCC2)n1. The molecule has 0 radical (unpaired) electrons. The molecule has 2 aliphatic rings. The standard InChI is InChI=1S/C18H29N3/c1-2-12-19-17-13-16(14-10-11-14)20-18(21-17)15-8-6-4-3-5-7-9-15/h13-15H,2-12H2,1H3,(H,19,20,21). The smallest absolute Gasteiger partial charge is 0.134 e. The lowest BCUT2D eigenvalue weighted by Crippen LogP contribution is -2.11. The molecule has 0 bridgehead atoms. The zero-order chi connectivity index (χ0) is 14.5. The Labute approximate surface area is 129 Å². The van der Waals surface area contributed by atoms with E-state index in [9.17, 15) is 0 Å². The monoisotopic (exact) mass is 287 g/mol. The quantitative estimate of drug-likeness (QED) is 0.827. The maximum atomic E-state index is 4.95. The minimum Gasteiger partial charge on any atom is -0.370 e. The number of aromatic nitrogens is 2. The van der Waals surface area contributed by atoms with Gasteiger partial charge in [-0.2, -0.15) is 0 Å². The summed E-state index contributed by atoms with van der Waals surface area (Å²) in [4.78, 5) is 9.80. The van der Waals surface area contributed by atoms with E-state index in [0.29, 0.717) is 11.8 Å². The molecule has 2 fully saturated rings. The van der Waals surface area contributed by atoms with Gasteiger partial charge in [-0.3, -0.25) is 0 Å². The van der Waals surface area contributed by atoms with Gasteiger partial charge in [0, 0.05) is 30.1 Å². The maximum absolute atomic E-state index is 4.95. The van der Waals surface area contributed by atoms with Gasteiger partial charge in [-0.05, 0) is 32.1 Å². The van der Waals surface area contributed by atoms with E-state index in [0.717, 1.165) is 24.6 Å². The molecule has 1 aromatic heterocycles. The molecule has 21 heavy (non-hydrogen) atoms. The Bertz CT molecular complexity index is 446. The summed E-state index contributed by atoms with van der Waals surface area (Å²) >= 11 is 0. The molecule has 0 spiro atoms. The number of hydrogen-bond donors (Lipinski definition) is 1. The first-order valence-corrected chi connectivity index (χ1v) is 8.99. The first kappa shape index (κ1) is 14.8. The number of hydrogen-bond acceptors (Lipinski definition) is 3. The van der Waals surface area contributed by atoms with Crippen molar-refractivity contribution >= 4 is 5.82 Å². The molecule has 0 saturated heterocycles. The topological polar surface area (TPSA) is 37.8 Å². The summed E-state index contributed by atoms with van der Waals surface area (Å²) < 4.78 is 0. The van der Waals surface area contributed by atoms with Gasteiger partial charge >= 0.3 is 0 Å². The van der Waals surface area contributed by atoms with E-state index in [-0.39, 0.29) is 0 Å². The molecule has 3 rings (SSSR count). The predicted molar refractivity (Wildman–Crippen MR) is 87.8 cm³/mol. The van der Waals surface area contributed by atoms with Crippen LogP contribution in [0.5, 0.6) is 0 Å². The van der Waals surface area contributed by atoms with Crippen LogP contribution < -0.4 is 5.32 Å². The third kappa shape index (κ3) is 4.18. The average Bonchev–Trinajstić information content (AvgIpc) is 3.29. The summed E-state index contributed by atoms with van der Waals surface area (Å²) in [5, 5.41) is 3.47. The van der Waals surface area contributed by atoms with Crippen LogP contribution in [-0.2, 0) is 0 Å². The van der Waals surface area contributed by atoms with Crippen LogP contribution in [0.15, 0.2) is 6.07 Å². The van der Waals surface area contributed by atoms with Gasteiger partial charge in [-0.25, -0.2) is 9.97 Å². The second kappa shape index (κ2) is 7.24. The molecule has 1 heterocycles. The largest absolute Gasteiger partial charge is 0.370 e. The van der Waals surface area contributed by atoms with Crippen molar-refractivity contribution < 1.29 is 0 Å². The summed E-state index contributed by atoms with van der Waals surface area (Å²) in [5.41, 5.74) is 1.29. The molecule has 1 N–H and O–H groups in total. The third-order valence-electron chi connectivity index (χ3n) is 4.79. The van der Waals surface area contributed by atoms with E-state index in [2.05, 4.69) is 18.3 Å². The zero-order valence-corrected chi connectivity index (χ0v) is 13.4. The molecule has 116 valence electrons. The second-order valence-corrected chi connectivity index (χ2v) is 6.78. The van der Waals surface area contributed by atoms with Crippen molar-refractivity contribution in [2.45, 2.75) is 83.0 Å². The summed E-state index contributed by atoms with van der Waals surface area (Å²) in [5.74, 6) is 3.49. The number of nitrogens with zero attached hydrogens (tertiary/aromatic N) is 2. The summed E-state index contributed by atoms with van der Waals surface area (Å²) in [6, 6.07) is 2.19. The van der Waals surface area contributed by atoms with Gasteiger partial charge in [0.05, 0.1) is 0 Å². The highest BCUT2D eigenvalue weighted by Gasteiger charge is 2.27. The van der Waals surface area contributed by atoms with E-state index in [4.69, 9.17) is 9.97 Å². The van der Waals surface area contributed by atoms with Gasteiger partial charge in [-0.15, -0.1) is 0 Å². The fraction of sp³-hybridized carbons (Fsp3) is 0.778. The van der Waals surface area contributed by atoms with Gasteiger partial charge in [0.2, 0.25) is 0 Å². The first-order chi connectivity index (χ1) is 10.4. The van der Waals surface area contributed by atoms with Gasteiger partial charge in [0.15, 0.2) is 0 Å². The molecule has 0 unspecified atom stereocenters. The minimum absolute atomic E-state index is 0.589. The highest BCUT2D eigenvalue weighted by molar-refractivity contribution is 5.38. The lowest BCUT2D eigenvalue weighted by Gasteiger charge is -2.20. The fourth-order valence-electron chi connectivity index (χ4n) is 3.31. The number of anilines is 1. The molecule has 0 atom stereocenters. The zero-order valence-electron chi connectivity index (χ0n) is 13.4. The molecular weight excluding hydrogens is 258 g/mol. The molecule has 3 nitrogen and oxygen atoms in total. The molecular formula is C18H29N3. The van der Waals surface area contributed by atoms with Crippen LogP contribution in [0.25, 0.3) is 0 Å². The van der Waals surface area contributed by atoms with Crippen molar-refractivity contribution in [1.29, 1.82) is 0 Å². The molecule has 1 aromatic rings. The summed E-state index contributed by atoms with van der Waals surface area (Å²) in [7, 11) is 0. The molecule has 0 aliphatic heterocycles. The maximum Gasteiger partial charge on any atom is 0.134 e. The second-order valence-electron chi connectivity index (χ2n) is 6.78. The highest BCUT2D eigenvalue weighted by atomic mass is 15.0. The van der Waals surface area contributed by atoms with Crippen LogP contribution in [-0.4, -0.2) is 16.5 Å². The van der Waals surface area contributed by atoms with E-state index in [1.165, 1.54) is 63.5 Å². The van der Waals surface area contributed by atoms with Crippen molar-refractivity contribution in [3.05, 3.63) is 17.6 Å². The van der Waals surface area contributed by atoms with Crippen molar-refractivity contribution in [3.8, 4) is 0 Å². The average molecular weight is 287 g/mol. The van der Waals surface area contributed by atoms with Crippen molar-refractivity contribution in [2.75, 3.05) is 11.9 Å². The summed E-state index contributed by atoms with van der Waals surface area (Å²) in [6.45, 7) is 3.21. The van der Waals surface area contributed by atoms with E-state index in [1.807, 2.05) is 0 Å². The van der Waals surface area contributed by atoms with Crippen LogP contribution in [0.3, 0.4) is 0 Å². The van der Waals surface area contributed by atoms with E-state index < -0.39 is 0 Å². The Balaban J connectivity index is 1.79. The van der Waals surface area contributed by atoms with Crippen LogP contribution in [0.4, 0.5) is 5.82 Å². The lowest BCUT2D eigenvalue weighted by atomic mass is 9.90. The fourth-order valence-corrected chi connectivity index (χ4v) is 3.31. The van der Waals surface area contributed by atoms with Crippen LogP contribution in [0.1, 0.15) is 94.5 Å². The van der Waals surface area contributed by atoms with Crippen LogP contribution in [0.2, 0.25) is 0 Å². The van der Waals surface area contributed by atoms with Crippen LogP contribution in [0, 0.1) is 0 Å². The predicted octanol–water partition coefficient (Wildman–Crippen LogP) is 5.00. The molecule has 3 heteroatoms. The third-order valence-corrected chi connectivity index (χ3v) is 4.79. The molecule has 2 aliphatic carbocycles. The first-order valence-electron chi connectivity index (χ1n) is 8.99. The molecule has 0 aromatic carbocycles. The van der Waals surface area contributed by atoms with Gasteiger partial charge in [0.1, 0.15) is 11.6 Å². The number of nitrogens with one attached hydrogen (secondary N) is 1. The Hall–Kier alpha value is -1.12. The van der Waals surface area contributed by atoms with Gasteiger partial charge < -0.3 is 5.32 Å². The molecule has 0 amide bonds. The minimum atomic E-state index is 0.589. The van der Waals surface area contributed by atoms with E-state index in [1.54, 1.807) is 0 Å². The normalized spacial score (nSPS) is 20.8. The van der Waals surface area contributed by atoms with Crippen molar-refractivity contribution in [2.24, 2.45) is 0 Å². The Kier molecular flexibility index (Phi) is 5.10. The van der Waals surface area contributed by atoms with Crippen LogP contribution >= 0.6 is 0 Å². The van der Waals surface area contributed by atoms with E-state index >= 15 is 0 Å². The summed E-state index contributed by atoms with van der Waals surface area (Å²) in [6.07, 6.45) is 13.2. The van der Waals surface area contributed by atoms with Gasteiger partial charge in [0.25, 0.3) is 0 Å². The highest BCUT2D eigenvalue weighted by Crippen LogP contribution is 2.40.